The molecule has 0 saturated carbocycles. The highest BCUT2D eigenvalue weighted by molar-refractivity contribution is 5.02. The lowest BCUT2D eigenvalue weighted by Gasteiger charge is -2.04. The van der Waals surface area contributed by atoms with Crippen LogP contribution in [0.2, 0.25) is 0 Å². The standard InChI is InChI=1S/C10H17N3O2/c1-3-11-7-8-6-10(14)13-9(12-8)4-5-15-2/h6,11H,3-5,7H2,1-2H3,(H,12,13,14). The summed E-state index contributed by atoms with van der Waals surface area (Å²) in [5.74, 6) is 0.678. The first-order chi connectivity index (χ1) is 7.26. The van der Waals surface area contributed by atoms with Crippen LogP contribution in [0, 0.1) is 0 Å². The number of nitrogens with one attached hydrogen (secondary N) is 2. The lowest BCUT2D eigenvalue weighted by atomic mass is 10.3. The molecule has 1 aromatic heterocycles. The molecule has 5 heteroatoms. The van der Waals surface area contributed by atoms with Crippen molar-refractivity contribution in [1.29, 1.82) is 0 Å². The summed E-state index contributed by atoms with van der Waals surface area (Å²) in [6.07, 6.45) is 0.631. The maximum atomic E-state index is 11.3. The Balaban J connectivity index is 2.71. The van der Waals surface area contributed by atoms with E-state index in [1.54, 1.807) is 7.11 Å². The summed E-state index contributed by atoms with van der Waals surface area (Å²) in [6, 6.07) is 1.51. The highest BCUT2D eigenvalue weighted by atomic mass is 16.5. The van der Waals surface area contributed by atoms with E-state index >= 15 is 0 Å². The summed E-state index contributed by atoms with van der Waals surface area (Å²) in [5, 5.41) is 3.13. The molecule has 0 aliphatic rings. The average molecular weight is 211 g/mol. The van der Waals surface area contributed by atoms with Gasteiger partial charge in [-0.1, -0.05) is 6.92 Å². The zero-order valence-corrected chi connectivity index (χ0v) is 9.17. The number of aromatic nitrogens is 2. The molecule has 0 bridgehead atoms. The van der Waals surface area contributed by atoms with Crippen LogP contribution in [0.1, 0.15) is 18.4 Å². The van der Waals surface area contributed by atoms with Crippen molar-refractivity contribution >= 4 is 0 Å². The van der Waals surface area contributed by atoms with E-state index in [0.717, 1.165) is 12.2 Å². The van der Waals surface area contributed by atoms with Gasteiger partial charge in [-0.25, -0.2) is 4.98 Å². The van der Waals surface area contributed by atoms with Gasteiger partial charge in [0.2, 0.25) is 0 Å². The minimum atomic E-state index is -0.107. The molecule has 0 amide bonds. The molecule has 0 aromatic carbocycles. The Hall–Kier alpha value is -1.20. The topological polar surface area (TPSA) is 67.0 Å². The maximum absolute atomic E-state index is 11.3. The lowest BCUT2D eigenvalue weighted by Crippen LogP contribution is -2.19. The summed E-state index contributed by atoms with van der Waals surface area (Å²) >= 11 is 0. The van der Waals surface area contributed by atoms with Gasteiger partial charge in [-0.15, -0.1) is 0 Å². The van der Waals surface area contributed by atoms with Crippen LogP contribution in [0.15, 0.2) is 10.9 Å². The molecule has 15 heavy (non-hydrogen) atoms. The first-order valence-electron chi connectivity index (χ1n) is 5.05. The second kappa shape index (κ2) is 6.31. The predicted octanol–water partition coefficient (Wildman–Crippen LogP) is 0.0683. The number of aromatic amines is 1. The zero-order chi connectivity index (χ0) is 11.1. The Morgan fingerprint density at radius 2 is 2.40 bits per heavy atom. The molecule has 0 aliphatic carbocycles. The normalized spacial score (nSPS) is 10.5. The van der Waals surface area contributed by atoms with Crippen LogP contribution in [0.3, 0.4) is 0 Å². The van der Waals surface area contributed by atoms with Crippen LogP contribution in [0.5, 0.6) is 0 Å². The molecule has 0 spiro atoms. The third kappa shape index (κ3) is 4.22. The minimum absolute atomic E-state index is 0.107. The van der Waals surface area contributed by atoms with Crippen LogP contribution >= 0.6 is 0 Å². The molecular formula is C10H17N3O2. The van der Waals surface area contributed by atoms with Gasteiger partial charge in [0.05, 0.1) is 12.3 Å². The van der Waals surface area contributed by atoms with E-state index in [-0.39, 0.29) is 5.56 Å². The zero-order valence-electron chi connectivity index (χ0n) is 9.17. The van der Waals surface area contributed by atoms with Gasteiger partial charge in [-0.05, 0) is 6.54 Å². The van der Waals surface area contributed by atoms with Gasteiger partial charge < -0.3 is 15.0 Å². The largest absolute Gasteiger partial charge is 0.384 e. The molecule has 0 fully saturated rings. The second-order valence-corrected chi connectivity index (χ2v) is 3.21. The van der Waals surface area contributed by atoms with E-state index in [9.17, 15) is 4.79 Å². The van der Waals surface area contributed by atoms with E-state index in [2.05, 4.69) is 15.3 Å². The molecule has 1 aromatic rings. The lowest BCUT2D eigenvalue weighted by molar-refractivity contribution is 0.200. The molecular weight excluding hydrogens is 194 g/mol. The van der Waals surface area contributed by atoms with E-state index in [0.29, 0.717) is 25.4 Å². The van der Waals surface area contributed by atoms with E-state index < -0.39 is 0 Å². The van der Waals surface area contributed by atoms with Crippen LogP contribution in [0.4, 0.5) is 0 Å². The van der Waals surface area contributed by atoms with Crippen LogP contribution in [-0.4, -0.2) is 30.2 Å². The Labute approximate surface area is 88.9 Å². The molecule has 1 rings (SSSR count). The summed E-state index contributed by atoms with van der Waals surface area (Å²) in [4.78, 5) is 18.3. The molecule has 0 aliphatic heterocycles. The highest BCUT2D eigenvalue weighted by Crippen LogP contribution is 1.93. The van der Waals surface area contributed by atoms with Crippen LogP contribution in [0.25, 0.3) is 0 Å². The fraction of sp³-hybridized carbons (Fsp3) is 0.600. The fourth-order valence-corrected chi connectivity index (χ4v) is 1.22. The first-order valence-corrected chi connectivity index (χ1v) is 5.05. The number of hydrogen-bond donors (Lipinski definition) is 2. The minimum Gasteiger partial charge on any atom is -0.384 e. The van der Waals surface area contributed by atoms with Crippen molar-refractivity contribution in [1.82, 2.24) is 15.3 Å². The van der Waals surface area contributed by atoms with Crippen molar-refractivity contribution in [2.75, 3.05) is 20.3 Å². The SMILES string of the molecule is CCNCc1cc(=O)[nH]c(CCOC)n1. The van der Waals surface area contributed by atoms with Gasteiger partial charge in [0.25, 0.3) is 5.56 Å². The summed E-state index contributed by atoms with van der Waals surface area (Å²) in [5.41, 5.74) is 0.663. The van der Waals surface area contributed by atoms with Crippen molar-refractivity contribution in [3.05, 3.63) is 27.9 Å². The Morgan fingerprint density at radius 3 is 3.07 bits per heavy atom. The Kier molecular flexibility index (Phi) is 5.00. The average Bonchev–Trinajstić information content (AvgIpc) is 2.23. The van der Waals surface area contributed by atoms with Crippen molar-refractivity contribution in [3.8, 4) is 0 Å². The summed E-state index contributed by atoms with van der Waals surface area (Å²) in [6.45, 7) is 4.06. The van der Waals surface area contributed by atoms with Crippen LogP contribution in [-0.2, 0) is 17.7 Å². The molecule has 0 unspecified atom stereocenters. The van der Waals surface area contributed by atoms with Crippen LogP contribution < -0.4 is 10.9 Å². The number of rotatable bonds is 6. The third-order valence-corrected chi connectivity index (χ3v) is 1.94. The van der Waals surface area contributed by atoms with E-state index in [4.69, 9.17) is 4.74 Å². The number of ether oxygens (including phenoxy) is 1. The molecule has 0 radical (unpaired) electrons. The number of nitrogens with zero attached hydrogens (tertiary/aromatic N) is 1. The molecule has 2 N–H and O–H groups in total. The number of methoxy groups -OCH3 is 1. The Bertz CT molecular complexity index is 320. The monoisotopic (exact) mass is 211 g/mol. The van der Waals surface area contributed by atoms with E-state index in [1.807, 2.05) is 6.92 Å². The predicted molar refractivity (Wildman–Crippen MR) is 57.8 cm³/mol. The van der Waals surface area contributed by atoms with E-state index in [1.165, 1.54) is 6.07 Å². The van der Waals surface area contributed by atoms with Gasteiger partial charge >= 0.3 is 0 Å². The molecule has 0 atom stereocenters. The third-order valence-electron chi connectivity index (χ3n) is 1.94. The van der Waals surface area contributed by atoms with Crippen molar-refractivity contribution in [3.63, 3.8) is 0 Å². The number of hydrogen-bond acceptors (Lipinski definition) is 4. The second-order valence-electron chi connectivity index (χ2n) is 3.21. The van der Waals surface area contributed by atoms with Crippen molar-refractivity contribution in [2.45, 2.75) is 19.9 Å². The fourth-order valence-electron chi connectivity index (χ4n) is 1.22. The van der Waals surface area contributed by atoms with Gasteiger partial charge in [0.15, 0.2) is 0 Å². The van der Waals surface area contributed by atoms with Crippen molar-refractivity contribution in [2.24, 2.45) is 0 Å². The smallest absolute Gasteiger partial charge is 0.251 e. The van der Waals surface area contributed by atoms with Gasteiger partial charge in [-0.2, -0.15) is 0 Å². The van der Waals surface area contributed by atoms with Gasteiger partial charge in [-0.3, -0.25) is 4.79 Å². The first kappa shape index (κ1) is 11.9. The van der Waals surface area contributed by atoms with Gasteiger partial charge in [0, 0.05) is 26.1 Å². The molecule has 0 saturated heterocycles. The Morgan fingerprint density at radius 1 is 1.60 bits per heavy atom. The molecule has 1 heterocycles. The van der Waals surface area contributed by atoms with Gasteiger partial charge in [0.1, 0.15) is 5.82 Å². The molecule has 84 valence electrons. The van der Waals surface area contributed by atoms with Crippen molar-refractivity contribution < 1.29 is 4.74 Å². The number of H-pyrrole nitrogens is 1. The quantitative estimate of drug-likeness (QED) is 0.698. The summed E-state index contributed by atoms with van der Waals surface area (Å²) < 4.78 is 4.93. The summed E-state index contributed by atoms with van der Waals surface area (Å²) in [7, 11) is 1.63. The highest BCUT2D eigenvalue weighted by Gasteiger charge is 2.00. The molecule has 5 nitrogen and oxygen atoms in total. The maximum Gasteiger partial charge on any atom is 0.251 e.